The fraction of sp³-hybridized carbons (Fsp3) is 0.217. The summed E-state index contributed by atoms with van der Waals surface area (Å²) in [6.07, 6.45) is 1.69. The molecule has 3 aromatic rings. The summed E-state index contributed by atoms with van der Waals surface area (Å²) in [7, 11) is 0. The summed E-state index contributed by atoms with van der Waals surface area (Å²) < 4.78 is 5.85. The average molecular weight is 373 g/mol. The van der Waals surface area contributed by atoms with Crippen molar-refractivity contribution in [2.75, 3.05) is 18.4 Å². The van der Waals surface area contributed by atoms with Crippen LogP contribution in [0.2, 0.25) is 0 Å². The van der Waals surface area contributed by atoms with Crippen LogP contribution in [-0.2, 0) is 4.79 Å². The lowest BCUT2D eigenvalue weighted by atomic mass is 9.88. The molecule has 4 rings (SSSR count). The van der Waals surface area contributed by atoms with Gasteiger partial charge in [-0.15, -0.1) is 0 Å². The van der Waals surface area contributed by atoms with Gasteiger partial charge in [-0.1, -0.05) is 36.4 Å². The van der Waals surface area contributed by atoms with Crippen molar-refractivity contribution in [3.63, 3.8) is 0 Å². The van der Waals surface area contributed by atoms with E-state index in [1.165, 1.54) is 5.56 Å². The number of aryl methyl sites for hydroxylation is 1. The van der Waals surface area contributed by atoms with Crippen molar-refractivity contribution in [1.29, 1.82) is 0 Å². The maximum absolute atomic E-state index is 12.9. The summed E-state index contributed by atoms with van der Waals surface area (Å²) in [5, 5.41) is 6.39. The van der Waals surface area contributed by atoms with Gasteiger partial charge in [0.15, 0.2) is 0 Å². The third kappa shape index (κ3) is 4.21. The Bertz CT molecular complexity index is 942. The molecule has 1 aliphatic rings. The second kappa shape index (κ2) is 8.23. The predicted octanol–water partition coefficient (Wildman–Crippen LogP) is 4.12. The first-order valence-electron chi connectivity index (χ1n) is 9.46. The summed E-state index contributed by atoms with van der Waals surface area (Å²) in [5.74, 6) is 1.42. The van der Waals surface area contributed by atoms with Gasteiger partial charge in [0, 0.05) is 36.5 Å². The zero-order valence-electron chi connectivity index (χ0n) is 15.8. The van der Waals surface area contributed by atoms with E-state index in [1.807, 2.05) is 61.5 Å². The fourth-order valence-corrected chi connectivity index (χ4v) is 3.53. The average Bonchev–Trinajstić information content (AvgIpc) is 3.21. The lowest BCUT2D eigenvalue weighted by Gasteiger charge is -2.19. The van der Waals surface area contributed by atoms with E-state index in [2.05, 4.69) is 27.8 Å². The summed E-state index contributed by atoms with van der Waals surface area (Å²) in [6, 6.07) is 21.4. The number of nitrogens with zero attached hydrogens (tertiary/aromatic N) is 1. The molecule has 0 radical (unpaired) electrons. The van der Waals surface area contributed by atoms with Gasteiger partial charge in [0.2, 0.25) is 5.91 Å². The number of anilines is 1. The molecule has 0 spiro atoms. The summed E-state index contributed by atoms with van der Waals surface area (Å²) in [6.45, 7) is 3.42. The van der Waals surface area contributed by atoms with Crippen molar-refractivity contribution in [1.82, 2.24) is 10.3 Å². The van der Waals surface area contributed by atoms with Crippen LogP contribution in [0.1, 0.15) is 17.2 Å². The molecule has 0 saturated carbocycles. The van der Waals surface area contributed by atoms with Crippen LogP contribution in [0.25, 0.3) is 0 Å². The number of ether oxygens (including phenoxy) is 1. The van der Waals surface area contributed by atoms with Gasteiger partial charge in [-0.25, -0.2) is 0 Å². The van der Waals surface area contributed by atoms with Crippen molar-refractivity contribution in [2.24, 2.45) is 5.92 Å². The maximum Gasteiger partial charge on any atom is 0.229 e. The zero-order chi connectivity index (χ0) is 19.3. The maximum atomic E-state index is 12.9. The van der Waals surface area contributed by atoms with Crippen molar-refractivity contribution in [2.45, 2.75) is 12.8 Å². The highest BCUT2D eigenvalue weighted by molar-refractivity contribution is 5.93. The van der Waals surface area contributed by atoms with Crippen molar-refractivity contribution < 1.29 is 9.53 Å². The van der Waals surface area contributed by atoms with Gasteiger partial charge >= 0.3 is 0 Å². The van der Waals surface area contributed by atoms with E-state index in [0.29, 0.717) is 18.0 Å². The molecule has 1 aromatic heterocycles. The molecule has 28 heavy (non-hydrogen) atoms. The third-order valence-corrected chi connectivity index (χ3v) is 5.00. The number of benzene rings is 2. The number of carbonyl (C=O) groups is 1. The number of rotatable bonds is 5. The predicted molar refractivity (Wildman–Crippen MR) is 110 cm³/mol. The normalized spacial score (nSPS) is 18.6. The highest BCUT2D eigenvalue weighted by Gasteiger charge is 2.33. The van der Waals surface area contributed by atoms with Gasteiger partial charge in [-0.05, 0) is 36.8 Å². The van der Waals surface area contributed by atoms with E-state index in [9.17, 15) is 4.79 Å². The summed E-state index contributed by atoms with van der Waals surface area (Å²) in [5.41, 5.74) is 2.85. The molecule has 0 aliphatic carbocycles. The second-order valence-electron chi connectivity index (χ2n) is 7.04. The van der Waals surface area contributed by atoms with Crippen molar-refractivity contribution >= 4 is 11.6 Å². The van der Waals surface area contributed by atoms with Gasteiger partial charge in [0.05, 0.1) is 12.1 Å². The SMILES string of the molecule is Cc1ccc(Oc2cccc(NC(=O)C3CNCC3c3ccccc3)c2)cn1. The Labute approximate surface area is 164 Å². The van der Waals surface area contributed by atoms with Gasteiger partial charge in [-0.3, -0.25) is 9.78 Å². The number of hydrogen-bond donors (Lipinski definition) is 2. The van der Waals surface area contributed by atoms with E-state index in [4.69, 9.17) is 4.74 Å². The van der Waals surface area contributed by atoms with E-state index in [-0.39, 0.29) is 17.7 Å². The minimum atomic E-state index is -0.103. The van der Waals surface area contributed by atoms with E-state index >= 15 is 0 Å². The van der Waals surface area contributed by atoms with Crippen LogP contribution in [-0.4, -0.2) is 24.0 Å². The molecule has 0 bridgehead atoms. The molecule has 2 N–H and O–H groups in total. The quantitative estimate of drug-likeness (QED) is 0.706. The molecule has 1 aliphatic heterocycles. The molecule has 5 nitrogen and oxygen atoms in total. The van der Waals surface area contributed by atoms with E-state index < -0.39 is 0 Å². The Hall–Kier alpha value is -3.18. The summed E-state index contributed by atoms with van der Waals surface area (Å²) >= 11 is 0. The monoisotopic (exact) mass is 373 g/mol. The van der Waals surface area contributed by atoms with Gasteiger partial charge in [0.25, 0.3) is 0 Å². The minimum absolute atomic E-state index is 0.0213. The fourth-order valence-electron chi connectivity index (χ4n) is 3.53. The second-order valence-corrected chi connectivity index (χ2v) is 7.04. The van der Waals surface area contributed by atoms with Crippen LogP contribution in [0, 0.1) is 12.8 Å². The molecule has 2 atom stereocenters. The van der Waals surface area contributed by atoms with Crippen LogP contribution < -0.4 is 15.4 Å². The van der Waals surface area contributed by atoms with Crippen molar-refractivity contribution in [3.05, 3.63) is 84.2 Å². The molecule has 2 heterocycles. The Morgan fingerprint density at radius 1 is 1.04 bits per heavy atom. The molecule has 1 saturated heterocycles. The lowest BCUT2D eigenvalue weighted by Crippen LogP contribution is -2.28. The van der Waals surface area contributed by atoms with Gasteiger partial charge in [-0.2, -0.15) is 0 Å². The van der Waals surface area contributed by atoms with Crippen LogP contribution in [0.15, 0.2) is 72.9 Å². The number of amides is 1. The number of pyridine rings is 1. The highest BCUT2D eigenvalue weighted by Crippen LogP contribution is 2.30. The number of hydrogen-bond acceptors (Lipinski definition) is 4. The molecule has 1 amide bonds. The molecular weight excluding hydrogens is 350 g/mol. The Balaban J connectivity index is 1.45. The Kier molecular flexibility index (Phi) is 5.35. The topological polar surface area (TPSA) is 63.2 Å². The Morgan fingerprint density at radius 3 is 2.68 bits per heavy atom. The molecule has 2 aromatic carbocycles. The highest BCUT2D eigenvalue weighted by atomic mass is 16.5. The number of nitrogens with one attached hydrogen (secondary N) is 2. The minimum Gasteiger partial charge on any atom is -0.456 e. The molecular formula is C23H23N3O2. The third-order valence-electron chi connectivity index (χ3n) is 5.00. The molecule has 5 heteroatoms. The first-order chi connectivity index (χ1) is 13.7. The number of carbonyl (C=O) groups excluding carboxylic acids is 1. The van der Waals surface area contributed by atoms with Crippen LogP contribution in [0.4, 0.5) is 5.69 Å². The molecule has 2 unspecified atom stereocenters. The van der Waals surface area contributed by atoms with Crippen LogP contribution >= 0.6 is 0 Å². The molecule has 1 fully saturated rings. The van der Waals surface area contributed by atoms with Crippen LogP contribution in [0.3, 0.4) is 0 Å². The van der Waals surface area contributed by atoms with Crippen molar-refractivity contribution in [3.8, 4) is 11.5 Å². The molecule has 142 valence electrons. The van der Waals surface area contributed by atoms with Gasteiger partial charge < -0.3 is 15.4 Å². The Morgan fingerprint density at radius 2 is 1.89 bits per heavy atom. The summed E-state index contributed by atoms with van der Waals surface area (Å²) in [4.78, 5) is 17.1. The lowest BCUT2D eigenvalue weighted by molar-refractivity contribution is -0.119. The first-order valence-corrected chi connectivity index (χ1v) is 9.46. The number of aromatic nitrogens is 1. The first kappa shape index (κ1) is 18.2. The zero-order valence-corrected chi connectivity index (χ0v) is 15.8. The smallest absolute Gasteiger partial charge is 0.229 e. The largest absolute Gasteiger partial charge is 0.456 e. The standard InChI is InChI=1S/C23H23N3O2/c1-16-10-11-20(13-25-16)28-19-9-5-8-18(12-19)26-23(27)22-15-24-14-21(22)17-6-3-2-4-7-17/h2-13,21-22,24H,14-15H2,1H3,(H,26,27). The van der Waals surface area contributed by atoms with E-state index in [1.54, 1.807) is 6.20 Å². The van der Waals surface area contributed by atoms with Crippen LogP contribution in [0.5, 0.6) is 11.5 Å². The van der Waals surface area contributed by atoms with Gasteiger partial charge in [0.1, 0.15) is 11.5 Å². The van der Waals surface area contributed by atoms with E-state index in [0.717, 1.165) is 17.9 Å².